The number of amides is 1. The van der Waals surface area contributed by atoms with Crippen molar-refractivity contribution in [3.05, 3.63) is 97.4 Å². The van der Waals surface area contributed by atoms with Gasteiger partial charge in [-0.1, -0.05) is 36.4 Å². The van der Waals surface area contributed by atoms with Gasteiger partial charge in [-0.05, 0) is 35.2 Å². The van der Waals surface area contributed by atoms with Gasteiger partial charge in [-0.15, -0.1) is 0 Å². The molecule has 1 amide bonds. The van der Waals surface area contributed by atoms with Gasteiger partial charge in [0.15, 0.2) is 0 Å². The summed E-state index contributed by atoms with van der Waals surface area (Å²) in [7, 11) is 0. The van der Waals surface area contributed by atoms with Gasteiger partial charge in [-0.25, -0.2) is 0 Å². The van der Waals surface area contributed by atoms with Crippen molar-refractivity contribution in [2.24, 2.45) is 0 Å². The third-order valence-electron chi connectivity index (χ3n) is 5.87. The Labute approximate surface area is 177 Å². The van der Waals surface area contributed by atoms with E-state index in [2.05, 4.69) is 16.4 Å². The molecule has 2 heterocycles. The Morgan fingerprint density at radius 3 is 2.74 bits per heavy atom. The normalized spacial score (nSPS) is 13.4. The first-order valence-corrected chi connectivity index (χ1v) is 10.1. The quantitative estimate of drug-likeness (QED) is 0.496. The van der Waals surface area contributed by atoms with Crippen LogP contribution in [0.15, 0.2) is 64.3 Å². The van der Waals surface area contributed by atoms with Crippen molar-refractivity contribution in [3.8, 4) is 0 Å². The highest BCUT2D eigenvalue weighted by Crippen LogP contribution is 2.26. The molecule has 0 unspecified atom stereocenters. The highest BCUT2D eigenvalue weighted by atomic mass is 16.2. The highest BCUT2D eigenvalue weighted by molar-refractivity contribution is 6.05. The molecule has 0 saturated carbocycles. The Kier molecular flexibility index (Phi) is 4.51. The van der Waals surface area contributed by atoms with Crippen LogP contribution in [0.3, 0.4) is 0 Å². The minimum absolute atomic E-state index is 0.0569. The summed E-state index contributed by atoms with van der Waals surface area (Å²) in [5, 5.41) is 3.80. The molecule has 3 N–H and O–H groups in total. The molecule has 0 atom stereocenters. The number of carbonyl (C=O) groups is 1. The molecule has 1 aromatic heterocycles. The number of hydrogen-bond acceptors (Lipinski definition) is 6. The molecule has 0 aliphatic carbocycles. The van der Waals surface area contributed by atoms with Gasteiger partial charge in [0.2, 0.25) is 0 Å². The van der Waals surface area contributed by atoms with Crippen molar-refractivity contribution < 1.29 is 4.79 Å². The minimum atomic E-state index is -0.596. The van der Waals surface area contributed by atoms with Crippen LogP contribution >= 0.6 is 0 Å². The Bertz CT molecular complexity index is 1400. The minimum Gasteiger partial charge on any atom is -0.394 e. The second-order valence-corrected chi connectivity index (χ2v) is 7.75. The molecular formula is C24H20N4O3. The Morgan fingerprint density at radius 2 is 1.90 bits per heavy atom. The summed E-state index contributed by atoms with van der Waals surface area (Å²) in [6, 6.07) is 15.4. The molecule has 0 spiro atoms. The first-order chi connectivity index (χ1) is 15.0. The lowest BCUT2D eigenvalue weighted by molar-refractivity contribution is 0.0952. The van der Waals surface area contributed by atoms with E-state index in [1.165, 1.54) is 5.56 Å². The maximum Gasteiger partial charge on any atom is 0.253 e. The lowest BCUT2D eigenvalue weighted by Gasteiger charge is -2.32. The van der Waals surface area contributed by atoms with Gasteiger partial charge in [0.1, 0.15) is 11.4 Å². The molecule has 0 bridgehead atoms. The van der Waals surface area contributed by atoms with Gasteiger partial charge in [0.25, 0.3) is 16.8 Å². The number of fused-ring (bicyclic) bond motifs is 2. The third kappa shape index (κ3) is 3.24. The molecule has 4 aromatic rings. The van der Waals surface area contributed by atoms with Crippen molar-refractivity contribution in [2.75, 3.05) is 17.2 Å². The summed E-state index contributed by atoms with van der Waals surface area (Å²) in [5.41, 5.74) is 9.61. The zero-order valence-electron chi connectivity index (χ0n) is 16.7. The Hall–Kier alpha value is -4.00. The van der Waals surface area contributed by atoms with Gasteiger partial charge in [-0.2, -0.15) is 0 Å². The number of para-hydroxylation sites is 1. The lowest BCUT2D eigenvalue weighted by Crippen LogP contribution is -2.44. The first-order valence-electron chi connectivity index (χ1n) is 10.1. The SMILES string of the molecule is Nc1c(N2CCc3ccc(CNC(=O)c4ccnc5ccccc45)cc3C2)c(=O)c1=O. The fourth-order valence-electron chi connectivity index (χ4n) is 4.19. The summed E-state index contributed by atoms with van der Waals surface area (Å²) >= 11 is 0. The fourth-order valence-corrected chi connectivity index (χ4v) is 4.19. The van der Waals surface area contributed by atoms with Crippen molar-refractivity contribution in [1.82, 2.24) is 10.3 Å². The van der Waals surface area contributed by atoms with Gasteiger partial charge < -0.3 is 16.0 Å². The summed E-state index contributed by atoms with van der Waals surface area (Å²) in [6.45, 7) is 1.54. The zero-order valence-corrected chi connectivity index (χ0v) is 16.7. The van der Waals surface area contributed by atoms with Crippen LogP contribution in [0.25, 0.3) is 10.9 Å². The van der Waals surface area contributed by atoms with Crippen molar-refractivity contribution in [1.29, 1.82) is 0 Å². The lowest BCUT2D eigenvalue weighted by atomic mass is 9.96. The maximum atomic E-state index is 12.8. The second-order valence-electron chi connectivity index (χ2n) is 7.75. The van der Waals surface area contributed by atoms with Crippen LogP contribution in [0.5, 0.6) is 0 Å². The number of nitrogen functional groups attached to an aromatic ring is 1. The monoisotopic (exact) mass is 412 g/mol. The number of aromatic nitrogens is 1. The Morgan fingerprint density at radius 1 is 1.06 bits per heavy atom. The maximum absolute atomic E-state index is 12.8. The van der Waals surface area contributed by atoms with E-state index < -0.39 is 10.9 Å². The predicted octanol–water partition coefficient (Wildman–Crippen LogP) is 1.91. The van der Waals surface area contributed by atoms with Crippen LogP contribution in [0.4, 0.5) is 11.4 Å². The van der Waals surface area contributed by atoms with Gasteiger partial charge in [0.05, 0.1) is 11.1 Å². The average Bonchev–Trinajstić information content (AvgIpc) is 2.81. The predicted molar refractivity (Wildman–Crippen MR) is 120 cm³/mol. The van der Waals surface area contributed by atoms with E-state index in [4.69, 9.17) is 5.73 Å². The fraction of sp³-hybridized carbons (Fsp3) is 0.167. The van der Waals surface area contributed by atoms with E-state index in [9.17, 15) is 14.4 Å². The van der Waals surface area contributed by atoms with Crippen LogP contribution in [-0.2, 0) is 19.5 Å². The average molecular weight is 412 g/mol. The van der Waals surface area contributed by atoms with Crippen LogP contribution in [0.1, 0.15) is 27.0 Å². The third-order valence-corrected chi connectivity index (χ3v) is 5.87. The molecule has 0 fully saturated rings. The van der Waals surface area contributed by atoms with Crippen molar-refractivity contribution >= 4 is 28.2 Å². The van der Waals surface area contributed by atoms with Crippen LogP contribution in [0.2, 0.25) is 0 Å². The van der Waals surface area contributed by atoms with Crippen molar-refractivity contribution in [2.45, 2.75) is 19.5 Å². The molecule has 31 heavy (non-hydrogen) atoms. The number of pyridine rings is 1. The first kappa shape index (κ1) is 19.0. The number of hydrogen-bond donors (Lipinski definition) is 2. The van der Waals surface area contributed by atoms with Crippen LogP contribution < -0.4 is 26.8 Å². The standard InChI is InChI=1S/C24H20N4O3/c25-20-21(23(30)22(20)29)28-10-8-15-6-5-14(11-16(15)13-28)12-27-24(31)18-7-9-26-19-4-2-1-3-17(18)19/h1-7,9,11H,8,10,12-13,25H2,(H,27,31). The number of nitrogens with zero attached hydrogens (tertiary/aromatic N) is 2. The van der Waals surface area contributed by atoms with E-state index >= 15 is 0 Å². The van der Waals surface area contributed by atoms with E-state index in [1.807, 2.05) is 41.3 Å². The molecule has 1 aliphatic heterocycles. The smallest absolute Gasteiger partial charge is 0.253 e. The molecule has 1 aliphatic rings. The second kappa shape index (κ2) is 7.36. The molecular weight excluding hydrogens is 392 g/mol. The van der Waals surface area contributed by atoms with Gasteiger partial charge in [-0.3, -0.25) is 19.4 Å². The summed E-state index contributed by atoms with van der Waals surface area (Å²) < 4.78 is 0. The number of anilines is 2. The van der Waals surface area contributed by atoms with Gasteiger partial charge in [0, 0.05) is 31.2 Å². The summed E-state index contributed by atoms with van der Waals surface area (Å²) in [5.74, 6) is -0.158. The van der Waals surface area contributed by atoms with Crippen LogP contribution in [0, 0.1) is 0 Å². The number of carbonyl (C=O) groups excluding carboxylic acids is 1. The van der Waals surface area contributed by atoms with E-state index in [0.29, 0.717) is 30.9 Å². The highest BCUT2D eigenvalue weighted by Gasteiger charge is 2.26. The topological polar surface area (TPSA) is 105 Å². The molecule has 5 rings (SSSR count). The van der Waals surface area contributed by atoms with Crippen LogP contribution in [-0.4, -0.2) is 17.4 Å². The summed E-state index contributed by atoms with van der Waals surface area (Å²) in [4.78, 5) is 42.3. The van der Waals surface area contributed by atoms with E-state index in [-0.39, 0.29) is 11.6 Å². The Balaban J connectivity index is 1.33. The van der Waals surface area contributed by atoms with Gasteiger partial charge >= 0.3 is 0 Å². The molecule has 0 radical (unpaired) electrons. The number of benzene rings is 2. The van der Waals surface area contributed by atoms with E-state index in [1.54, 1.807) is 12.3 Å². The molecule has 7 nitrogen and oxygen atoms in total. The molecule has 7 heteroatoms. The van der Waals surface area contributed by atoms with E-state index in [0.717, 1.165) is 28.5 Å². The zero-order chi connectivity index (χ0) is 21.5. The molecule has 3 aromatic carbocycles. The number of rotatable bonds is 4. The van der Waals surface area contributed by atoms with Crippen molar-refractivity contribution in [3.63, 3.8) is 0 Å². The summed E-state index contributed by atoms with van der Waals surface area (Å²) in [6.07, 6.45) is 2.40. The molecule has 0 saturated heterocycles. The number of nitrogens with one attached hydrogen (secondary N) is 1. The largest absolute Gasteiger partial charge is 0.394 e. The number of nitrogens with two attached hydrogens (primary N) is 1. The molecule has 154 valence electrons.